The zero-order valence-corrected chi connectivity index (χ0v) is 11.9. The van der Waals surface area contributed by atoms with Gasteiger partial charge >= 0.3 is 0 Å². The number of nitrogens with one attached hydrogen (secondary N) is 1. The Labute approximate surface area is 118 Å². The molecule has 0 saturated carbocycles. The number of ether oxygens (including phenoxy) is 1. The average Bonchev–Trinajstić information content (AvgIpc) is 2.85. The van der Waals surface area contributed by atoms with E-state index in [1.165, 1.54) is 6.07 Å². The molecule has 1 aromatic heterocycles. The molecule has 5 heteroatoms. The maximum absolute atomic E-state index is 13.7. The summed E-state index contributed by atoms with van der Waals surface area (Å²) in [6.07, 6.45) is 4.45. The van der Waals surface area contributed by atoms with Gasteiger partial charge in [-0.25, -0.2) is 4.39 Å². The number of nitrogens with zero attached hydrogens (tertiary/aromatic N) is 2. The van der Waals surface area contributed by atoms with Crippen LogP contribution in [0.15, 0.2) is 30.6 Å². The van der Waals surface area contributed by atoms with Crippen molar-refractivity contribution in [3.05, 3.63) is 47.5 Å². The predicted molar refractivity (Wildman–Crippen MR) is 75.9 cm³/mol. The third-order valence-electron chi connectivity index (χ3n) is 2.94. The van der Waals surface area contributed by atoms with Crippen molar-refractivity contribution >= 4 is 0 Å². The lowest BCUT2D eigenvalue weighted by Crippen LogP contribution is -2.14. The molecule has 0 amide bonds. The highest BCUT2D eigenvalue weighted by atomic mass is 19.1. The molecule has 0 bridgehead atoms. The molecule has 0 saturated heterocycles. The number of benzene rings is 1. The van der Waals surface area contributed by atoms with Gasteiger partial charge in [-0.05, 0) is 30.7 Å². The predicted octanol–water partition coefficient (Wildman–Crippen LogP) is 2.64. The zero-order chi connectivity index (χ0) is 14.4. The van der Waals surface area contributed by atoms with Crippen molar-refractivity contribution in [1.82, 2.24) is 15.1 Å². The summed E-state index contributed by atoms with van der Waals surface area (Å²) in [5.74, 6) is 0.398. The Morgan fingerprint density at radius 1 is 1.40 bits per heavy atom. The number of aromatic nitrogens is 2. The van der Waals surface area contributed by atoms with E-state index in [4.69, 9.17) is 4.74 Å². The van der Waals surface area contributed by atoms with E-state index in [-0.39, 0.29) is 12.4 Å². The summed E-state index contributed by atoms with van der Waals surface area (Å²) in [4.78, 5) is 0. The Kier molecular flexibility index (Phi) is 5.12. The molecule has 0 aliphatic heterocycles. The van der Waals surface area contributed by atoms with E-state index < -0.39 is 0 Å². The molecule has 0 radical (unpaired) electrons. The van der Waals surface area contributed by atoms with E-state index in [2.05, 4.69) is 17.3 Å². The smallest absolute Gasteiger partial charge is 0.157 e. The molecule has 20 heavy (non-hydrogen) atoms. The Morgan fingerprint density at radius 3 is 2.95 bits per heavy atom. The summed E-state index contributed by atoms with van der Waals surface area (Å²) in [6, 6.07) is 5.13. The average molecular weight is 277 g/mol. The third kappa shape index (κ3) is 4.06. The minimum absolute atomic E-state index is 0.207. The van der Waals surface area contributed by atoms with Crippen LogP contribution in [0.2, 0.25) is 0 Å². The highest BCUT2D eigenvalue weighted by Gasteiger charge is 2.06. The van der Waals surface area contributed by atoms with Crippen LogP contribution >= 0.6 is 0 Å². The zero-order valence-electron chi connectivity index (χ0n) is 11.9. The Morgan fingerprint density at radius 2 is 2.25 bits per heavy atom. The minimum Gasteiger partial charge on any atom is -0.486 e. The van der Waals surface area contributed by atoms with Gasteiger partial charge in [-0.15, -0.1) is 0 Å². The SMILES string of the molecule is CCCNCc1ccc(F)c(COc2cnn(C)c2)c1. The lowest BCUT2D eigenvalue weighted by molar-refractivity contribution is 0.299. The molecule has 0 unspecified atom stereocenters. The van der Waals surface area contributed by atoms with Crippen LogP contribution < -0.4 is 10.1 Å². The second kappa shape index (κ2) is 7.05. The normalized spacial score (nSPS) is 10.8. The number of halogens is 1. The maximum Gasteiger partial charge on any atom is 0.157 e. The molecule has 108 valence electrons. The van der Waals surface area contributed by atoms with Gasteiger partial charge in [0.2, 0.25) is 0 Å². The van der Waals surface area contributed by atoms with Crippen molar-refractivity contribution < 1.29 is 9.13 Å². The van der Waals surface area contributed by atoms with Gasteiger partial charge in [0.25, 0.3) is 0 Å². The van der Waals surface area contributed by atoms with Crippen LogP contribution in [-0.4, -0.2) is 16.3 Å². The van der Waals surface area contributed by atoms with E-state index in [1.807, 2.05) is 13.1 Å². The number of hydrogen-bond acceptors (Lipinski definition) is 3. The van der Waals surface area contributed by atoms with E-state index in [1.54, 1.807) is 23.1 Å². The standard InChI is InChI=1S/C15H20FN3O/c1-3-6-17-8-12-4-5-15(16)13(7-12)11-20-14-9-18-19(2)10-14/h4-5,7,9-10,17H,3,6,8,11H2,1-2H3. The maximum atomic E-state index is 13.7. The third-order valence-corrected chi connectivity index (χ3v) is 2.94. The van der Waals surface area contributed by atoms with Crippen LogP contribution in [0.3, 0.4) is 0 Å². The Balaban J connectivity index is 1.97. The lowest BCUT2D eigenvalue weighted by Gasteiger charge is -2.08. The van der Waals surface area contributed by atoms with E-state index in [9.17, 15) is 4.39 Å². The molecule has 0 fully saturated rings. The van der Waals surface area contributed by atoms with Gasteiger partial charge in [-0.1, -0.05) is 13.0 Å². The van der Waals surface area contributed by atoms with Crippen molar-refractivity contribution in [3.8, 4) is 5.75 Å². The molecule has 1 heterocycles. The molecule has 0 atom stereocenters. The Bertz CT molecular complexity index is 554. The summed E-state index contributed by atoms with van der Waals surface area (Å²) in [5, 5.41) is 7.31. The minimum atomic E-state index is -0.242. The summed E-state index contributed by atoms with van der Waals surface area (Å²) in [7, 11) is 1.81. The second-order valence-electron chi connectivity index (χ2n) is 4.74. The van der Waals surface area contributed by atoms with Gasteiger partial charge < -0.3 is 10.1 Å². The molecule has 2 rings (SSSR count). The summed E-state index contributed by atoms with van der Waals surface area (Å²) >= 11 is 0. The summed E-state index contributed by atoms with van der Waals surface area (Å²) < 4.78 is 20.9. The highest BCUT2D eigenvalue weighted by Crippen LogP contribution is 2.15. The number of hydrogen-bond donors (Lipinski definition) is 1. The quantitative estimate of drug-likeness (QED) is 0.791. The molecule has 0 aliphatic carbocycles. The molecule has 1 aromatic carbocycles. The highest BCUT2D eigenvalue weighted by molar-refractivity contribution is 5.25. The van der Waals surface area contributed by atoms with E-state index in [0.717, 1.165) is 25.1 Å². The summed E-state index contributed by atoms with van der Waals surface area (Å²) in [6.45, 7) is 4.02. The Hall–Kier alpha value is -1.88. The van der Waals surface area contributed by atoms with Gasteiger partial charge in [0.15, 0.2) is 5.75 Å². The van der Waals surface area contributed by atoms with Gasteiger partial charge in [-0.3, -0.25) is 4.68 Å². The van der Waals surface area contributed by atoms with Crippen LogP contribution in [0.1, 0.15) is 24.5 Å². The number of aryl methyl sites for hydroxylation is 1. The molecule has 0 spiro atoms. The summed E-state index contributed by atoms with van der Waals surface area (Å²) in [5.41, 5.74) is 1.62. The molecule has 2 aromatic rings. The first kappa shape index (κ1) is 14.5. The van der Waals surface area contributed by atoms with Crippen molar-refractivity contribution in [1.29, 1.82) is 0 Å². The second-order valence-corrected chi connectivity index (χ2v) is 4.74. The molecular formula is C15H20FN3O. The van der Waals surface area contributed by atoms with Crippen LogP contribution in [0.25, 0.3) is 0 Å². The van der Waals surface area contributed by atoms with Gasteiger partial charge in [-0.2, -0.15) is 5.10 Å². The van der Waals surface area contributed by atoms with Gasteiger partial charge in [0.05, 0.1) is 12.4 Å². The molecule has 1 N–H and O–H groups in total. The largest absolute Gasteiger partial charge is 0.486 e. The lowest BCUT2D eigenvalue weighted by atomic mass is 10.1. The van der Waals surface area contributed by atoms with Gasteiger partial charge in [0.1, 0.15) is 12.4 Å². The monoisotopic (exact) mass is 277 g/mol. The van der Waals surface area contributed by atoms with E-state index in [0.29, 0.717) is 11.3 Å². The van der Waals surface area contributed by atoms with Crippen LogP contribution in [0.4, 0.5) is 4.39 Å². The van der Waals surface area contributed by atoms with Crippen molar-refractivity contribution in [2.24, 2.45) is 7.05 Å². The molecular weight excluding hydrogens is 257 g/mol. The van der Waals surface area contributed by atoms with Crippen molar-refractivity contribution in [2.75, 3.05) is 6.54 Å². The fourth-order valence-electron chi connectivity index (χ4n) is 1.89. The first-order valence-electron chi connectivity index (χ1n) is 6.78. The van der Waals surface area contributed by atoms with Gasteiger partial charge in [0, 0.05) is 19.2 Å². The molecule has 0 aliphatic rings. The fraction of sp³-hybridized carbons (Fsp3) is 0.400. The van der Waals surface area contributed by atoms with Crippen molar-refractivity contribution in [3.63, 3.8) is 0 Å². The first-order chi connectivity index (χ1) is 9.69. The van der Waals surface area contributed by atoms with Crippen LogP contribution in [-0.2, 0) is 20.2 Å². The van der Waals surface area contributed by atoms with Crippen LogP contribution in [0, 0.1) is 5.82 Å². The fourth-order valence-corrected chi connectivity index (χ4v) is 1.89. The van der Waals surface area contributed by atoms with Crippen molar-refractivity contribution in [2.45, 2.75) is 26.5 Å². The van der Waals surface area contributed by atoms with Crippen LogP contribution in [0.5, 0.6) is 5.75 Å². The topological polar surface area (TPSA) is 39.1 Å². The number of rotatable bonds is 7. The first-order valence-corrected chi connectivity index (χ1v) is 6.78. The molecule has 4 nitrogen and oxygen atoms in total. The van der Waals surface area contributed by atoms with E-state index >= 15 is 0 Å².